The summed E-state index contributed by atoms with van der Waals surface area (Å²) < 4.78 is 10.8. The van der Waals surface area contributed by atoms with E-state index < -0.39 is 0 Å². The zero-order valence-corrected chi connectivity index (χ0v) is 12.6. The minimum absolute atomic E-state index is 0.618. The van der Waals surface area contributed by atoms with E-state index in [2.05, 4.69) is 54.6 Å². The first kappa shape index (κ1) is 13.5. The highest BCUT2D eigenvalue weighted by molar-refractivity contribution is 6.23. The van der Waals surface area contributed by atoms with Gasteiger partial charge in [-0.2, -0.15) is 0 Å². The van der Waals surface area contributed by atoms with Crippen LogP contribution in [0.3, 0.4) is 0 Å². The molecule has 0 heterocycles. The summed E-state index contributed by atoms with van der Waals surface area (Å²) in [5, 5.41) is 7.87. The second kappa shape index (κ2) is 5.56. The fourth-order valence-corrected chi connectivity index (χ4v) is 3.28. The van der Waals surface area contributed by atoms with Gasteiger partial charge in [-0.3, -0.25) is 0 Å². The van der Waals surface area contributed by atoms with Crippen molar-refractivity contribution >= 4 is 32.3 Å². The van der Waals surface area contributed by atoms with E-state index in [0.29, 0.717) is 19.8 Å². The molecule has 0 aliphatic rings. The summed E-state index contributed by atoms with van der Waals surface area (Å²) in [7, 11) is 1.70. The standard InChI is InChI=1S/C20H18O2/c1-21-10-11-22-13-17-12-16-6-2-4-14-8-9-15-5-3-7-18(17)20(15)19(14)16/h2-9,12H,10-11,13H2,1H3. The SMILES string of the molecule is COCCOCc1cc2cccc3ccc4cccc1c4c32. The van der Waals surface area contributed by atoms with Crippen molar-refractivity contribution in [2.24, 2.45) is 0 Å². The highest BCUT2D eigenvalue weighted by atomic mass is 16.5. The van der Waals surface area contributed by atoms with Gasteiger partial charge in [-0.25, -0.2) is 0 Å². The maximum absolute atomic E-state index is 5.76. The summed E-state index contributed by atoms with van der Waals surface area (Å²) in [4.78, 5) is 0. The average molecular weight is 290 g/mol. The van der Waals surface area contributed by atoms with E-state index in [0.717, 1.165) is 0 Å². The number of hydrogen-bond donors (Lipinski definition) is 0. The van der Waals surface area contributed by atoms with Gasteiger partial charge in [0.05, 0.1) is 19.8 Å². The zero-order valence-electron chi connectivity index (χ0n) is 12.6. The summed E-state index contributed by atoms with van der Waals surface area (Å²) >= 11 is 0. The van der Waals surface area contributed by atoms with Crippen molar-refractivity contribution in [2.45, 2.75) is 6.61 Å². The molecule has 0 saturated heterocycles. The van der Waals surface area contributed by atoms with Crippen molar-refractivity contribution < 1.29 is 9.47 Å². The third kappa shape index (κ3) is 2.12. The molecule has 4 rings (SSSR count). The smallest absolute Gasteiger partial charge is 0.0724 e. The lowest BCUT2D eigenvalue weighted by atomic mass is 9.91. The fourth-order valence-electron chi connectivity index (χ4n) is 3.28. The molecule has 22 heavy (non-hydrogen) atoms. The van der Waals surface area contributed by atoms with E-state index in [-0.39, 0.29) is 0 Å². The third-order valence-corrected chi connectivity index (χ3v) is 4.28. The van der Waals surface area contributed by atoms with Crippen LogP contribution in [0.15, 0.2) is 54.6 Å². The van der Waals surface area contributed by atoms with Crippen molar-refractivity contribution in [3.63, 3.8) is 0 Å². The molecule has 2 nitrogen and oxygen atoms in total. The summed E-state index contributed by atoms with van der Waals surface area (Å²) in [6, 6.07) is 19.7. The molecule has 0 aromatic heterocycles. The average Bonchev–Trinajstić information content (AvgIpc) is 2.57. The number of ether oxygens (including phenoxy) is 2. The second-order valence-electron chi connectivity index (χ2n) is 5.63. The Balaban J connectivity index is 1.92. The molecule has 0 amide bonds. The van der Waals surface area contributed by atoms with Crippen LogP contribution in [0.4, 0.5) is 0 Å². The largest absolute Gasteiger partial charge is 0.382 e. The molecule has 110 valence electrons. The first-order valence-corrected chi connectivity index (χ1v) is 7.60. The Morgan fingerprint density at radius 1 is 0.773 bits per heavy atom. The fraction of sp³-hybridized carbons (Fsp3) is 0.200. The van der Waals surface area contributed by atoms with Crippen molar-refractivity contribution in [1.29, 1.82) is 0 Å². The van der Waals surface area contributed by atoms with E-state index in [1.54, 1.807) is 7.11 Å². The maximum Gasteiger partial charge on any atom is 0.0724 e. The van der Waals surface area contributed by atoms with Crippen LogP contribution in [0.5, 0.6) is 0 Å². The van der Waals surface area contributed by atoms with Gasteiger partial charge in [-0.15, -0.1) is 0 Å². The molecule has 0 atom stereocenters. The second-order valence-corrected chi connectivity index (χ2v) is 5.63. The van der Waals surface area contributed by atoms with E-state index in [1.807, 2.05) is 0 Å². The predicted octanol–water partition coefficient (Wildman–Crippen LogP) is 4.75. The number of benzene rings is 4. The van der Waals surface area contributed by atoms with Crippen molar-refractivity contribution in [3.8, 4) is 0 Å². The van der Waals surface area contributed by atoms with Crippen molar-refractivity contribution in [1.82, 2.24) is 0 Å². The van der Waals surface area contributed by atoms with E-state index >= 15 is 0 Å². The van der Waals surface area contributed by atoms with Crippen LogP contribution >= 0.6 is 0 Å². The lowest BCUT2D eigenvalue weighted by Gasteiger charge is -2.14. The molecular weight excluding hydrogens is 272 g/mol. The van der Waals surface area contributed by atoms with Crippen LogP contribution in [-0.2, 0) is 16.1 Å². The molecule has 4 aromatic carbocycles. The van der Waals surface area contributed by atoms with Gasteiger partial charge in [0.15, 0.2) is 0 Å². The molecule has 0 fully saturated rings. The highest BCUT2D eigenvalue weighted by Crippen LogP contribution is 2.36. The van der Waals surface area contributed by atoms with Crippen LogP contribution in [0.1, 0.15) is 5.56 Å². The summed E-state index contributed by atoms with van der Waals surface area (Å²) in [5.41, 5.74) is 1.24. The zero-order chi connectivity index (χ0) is 14.9. The Bertz CT molecular complexity index is 927. The first-order chi connectivity index (χ1) is 10.9. The maximum atomic E-state index is 5.76. The van der Waals surface area contributed by atoms with Crippen LogP contribution in [-0.4, -0.2) is 20.3 Å². The van der Waals surface area contributed by atoms with E-state index in [9.17, 15) is 0 Å². The molecule has 0 saturated carbocycles. The highest BCUT2D eigenvalue weighted by Gasteiger charge is 2.11. The number of methoxy groups -OCH3 is 1. The molecule has 0 spiro atoms. The molecule has 0 N–H and O–H groups in total. The Morgan fingerprint density at radius 3 is 2.32 bits per heavy atom. The van der Waals surface area contributed by atoms with Crippen molar-refractivity contribution in [2.75, 3.05) is 20.3 Å². The van der Waals surface area contributed by atoms with Gasteiger partial charge >= 0.3 is 0 Å². The molecule has 2 heteroatoms. The predicted molar refractivity (Wildman–Crippen MR) is 91.7 cm³/mol. The molecule has 0 radical (unpaired) electrons. The van der Waals surface area contributed by atoms with Gasteiger partial charge in [0.1, 0.15) is 0 Å². The molecule has 0 aliphatic carbocycles. The van der Waals surface area contributed by atoms with Crippen LogP contribution in [0.2, 0.25) is 0 Å². The van der Waals surface area contributed by atoms with Gasteiger partial charge in [0.25, 0.3) is 0 Å². The number of hydrogen-bond acceptors (Lipinski definition) is 2. The lowest BCUT2D eigenvalue weighted by Crippen LogP contribution is -2.02. The molecule has 0 aliphatic heterocycles. The van der Waals surface area contributed by atoms with Crippen molar-refractivity contribution in [3.05, 3.63) is 60.2 Å². The minimum Gasteiger partial charge on any atom is -0.382 e. The van der Waals surface area contributed by atoms with Gasteiger partial charge in [0.2, 0.25) is 0 Å². The van der Waals surface area contributed by atoms with Gasteiger partial charge in [-0.05, 0) is 43.9 Å². The summed E-state index contributed by atoms with van der Waals surface area (Å²) in [6.07, 6.45) is 0. The van der Waals surface area contributed by atoms with Crippen LogP contribution < -0.4 is 0 Å². The normalized spacial score (nSPS) is 11.9. The quantitative estimate of drug-likeness (QED) is 0.390. The van der Waals surface area contributed by atoms with E-state index in [4.69, 9.17) is 9.47 Å². The minimum atomic E-state index is 0.618. The Labute approximate surface area is 129 Å². The lowest BCUT2D eigenvalue weighted by molar-refractivity contribution is 0.0622. The molecule has 0 bridgehead atoms. The van der Waals surface area contributed by atoms with Crippen LogP contribution in [0, 0.1) is 0 Å². The first-order valence-electron chi connectivity index (χ1n) is 7.60. The summed E-state index contributed by atoms with van der Waals surface area (Å²) in [5.74, 6) is 0. The Hall–Kier alpha value is -2.16. The monoisotopic (exact) mass is 290 g/mol. The molecule has 0 unspecified atom stereocenters. The molecule has 4 aromatic rings. The van der Waals surface area contributed by atoms with E-state index in [1.165, 1.54) is 37.9 Å². The van der Waals surface area contributed by atoms with Gasteiger partial charge in [0, 0.05) is 7.11 Å². The van der Waals surface area contributed by atoms with Gasteiger partial charge < -0.3 is 9.47 Å². The summed E-state index contributed by atoms with van der Waals surface area (Å²) in [6.45, 7) is 1.87. The topological polar surface area (TPSA) is 18.5 Å². The Kier molecular flexibility index (Phi) is 3.41. The number of rotatable bonds is 5. The molecular formula is C20H18O2. The van der Waals surface area contributed by atoms with Gasteiger partial charge in [-0.1, -0.05) is 48.5 Å². The Morgan fingerprint density at radius 2 is 1.50 bits per heavy atom. The third-order valence-electron chi connectivity index (χ3n) is 4.28. The van der Waals surface area contributed by atoms with Crippen LogP contribution in [0.25, 0.3) is 32.3 Å².